The zero-order valence-electron chi connectivity index (χ0n) is 8.06. The van der Waals surface area contributed by atoms with E-state index in [0.29, 0.717) is 19.3 Å². The maximum Gasteiger partial charge on any atom is 0.248 e. The Balaban J connectivity index is 1.86. The highest BCUT2D eigenvalue weighted by Crippen LogP contribution is 2.38. The van der Waals surface area contributed by atoms with Crippen LogP contribution in [0.25, 0.3) is 0 Å². The molecule has 0 aromatic carbocycles. The van der Waals surface area contributed by atoms with E-state index in [2.05, 4.69) is 5.32 Å². The van der Waals surface area contributed by atoms with Crippen LogP contribution in [0.5, 0.6) is 0 Å². The molecule has 14 heavy (non-hydrogen) atoms. The molecule has 0 radical (unpaired) electrons. The number of carbonyl (C=O) groups is 1. The van der Waals surface area contributed by atoms with Crippen LogP contribution in [0.15, 0.2) is 0 Å². The van der Waals surface area contributed by atoms with Gasteiger partial charge in [-0.05, 0) is 25.2 Å². The van der Waals surface area contributed by atoms with Crippen LogP contribution in [-0.4, -0.2) is 17.9 Å². The molecule has 4 heteroatoms. The van der Waals surface area contributed by atoms with Gasteiger partial charge in [-0.25, -0.2) is 8.78 Å². The summed E-state index contributed by atoms with van der Waals surface area (Å²) in [7, 11) is 0. The third-order valence-electron chi connectivity index (χ3n) is 3.36. The van der Waals surface area contributed by atoms with Crippen LogP contribution < -0.4 is 5.32 Å². The SMILES string of the molecule is O=C1CC[C@H](C2CCC(F)(F)CC2)N1. The van der Waals surface area contributed by atoms with Crippen LogP contribution in [0.4, 0.5) is 8.78 Å². The lowest BCUT2D eigenvalue weighted by atomic mass is 9.81. The van der Waals surface area contributed by atoms with Gasteiger partial charge in [0.15, 0.2) is 0 Å². The Bertz CT molecular complexity index is 232. The lowest BCUT2D eigenvalue weighted by molar-refractivity contribution is -0.119. The largest absolute Gasteiger partial charge is 0.353 e. The number of halogens is 2. The first-order valence-electron chi connectivity index (χ1n) is 5.24. The second kappa shape index (κ2) is 3.48. The molecule has 0 spiro atoms. The molecule has 2 rings (SSSR count). The Morgan fingerprint density at radius 1 is 1.21 bits per heavy atom. The minimum Gasteiger partial charge on any atom is -0.353 e. The smallest absolute Gasteiger partial charge is 0.248 e. The number of carbonyl (C=O) groups excluding carboxylic acids is 1. The van der Waals surface area contributed by atoms with Crippen LogP contribution in [-0.2, 0) is 4.79 Å². The van der Waals surface area contributed by atoms with Crippen molar-refractivity contribution in [3.63, 3.8) is 0 Å². The summed E-state index contributed by atoms with van der Waals surface area (Å²) in [6.07, 6.45) is 2.48. The zero-order chi connectivity index (χ0) is 10.2. The average Bonchev–Trinajstić information content (AvgIpc) is 2.52. The number of hydrogen-bond donors (Lipinski definition) is 1. The third kappa shape index (κ3) is 2.04. The summed E-state index contributed by atoms with van der Waals surface area (Å²) >= 11 is 0. The molecule has 80 valence electrons. The summed E-state index contributed by atoms with van der Waals surface area (Å²) in [5, 5.41) is 2.87. The van der Waals surface area contributed by atoms with Crippen LogP contribution in [0, 0.1) is 5.92 Å². The normalized spacial score (nSPS) is 33.0. The van der Waals surface area contributed by atoms with E-state index < -0.39 is 5.92 Å². The van der Waals surface area contributed by atoms with Crippen LogP contribution in [0.3, 0.4) is 0 Å². The van der Waals surface area contributed by atoms with E-state index in [1.54, 1.807) is 0 Å². The predicted molar refractivity (Wildman–Crippen MR) is 48.1 cm³/mol. The lowest BCUT2D eigenvalue weighted by Gasteiger charge is -2.31. The van der Waals surface area contributed by atoms with Gasteiger partial charge in [-0.2, -0.15) is 0 Å². The minimum atomic E-state index is -2.46. The molecular weight excluding hydrogens is 188 g/mol. The Hall–Kier alpha value is -0.670. The molecule has 2 aliphatic rings. The van der Waals surface area contributed by atoms with E-state index in [9.17, 15) is 13.6 Å². The summed E-state index contributed by atoms with van der Waals surface area (Å²) in [6.45, 7) is 0. The summed E-state index contributed by atoms with van der Waals surface area (Å²) < 4.78 is 25.7. The number of rotatable bonds is 1. The fourth-order valence-corrected chi connectivity index (χ4v) is 2.46. The molecule has 1 saturated heterocycles. The average molecular weight is 203 g/mol. The number of alkyl halides is 2. The van der Waals surface area contributed by atoms with Crippen molar-refractivity contribution >= 4 is 5.91 Å². The van der Waals surface area contributed by atoms with Gasteiger partial charge in [0.2, 0.25) is 11.8 Å². The summed E-state index contributed by atoms with van der Waals surface area (Å²) in [6, 6.07) is 0.165. The van der Waals surface area contributed by atoms with E-state index in [0.717, 1.165) is 6.42 Å². The molecule has 0 unspecified atom stereocenters. The topological polar surface area (TPSA) is 29.1 Å². The van der Waals surface area contributed by atoms with Crippen molar-refractivity contribution in [3.8, 4) is 0 Å². The van der Waals surface area contributed by atoms with Crippen LogP contribution >= 0.6 is 0 Å². The van der Waals surface area contributed by atoms with Gasteiger partial charge in [0.05, 0.1) is 0 Å². The molecule has 1 atom stereocenters. The molecule has 0 bridgehead atoms. The molecule has 1 amide bonds. The summed E-state index contributed by atoms with van der Waals surface area (Å²) in [5.41, 5.74) is 0. The summed E-state index contributed by atoms with van der Waals surface area (Å²) in [4.78, 5) is 11.0. The Labute approximate surface area is 82.1 Å². The maximum absolute atomic E-state index is 12.9. The fraction of sp³-hybridized carbons (Fsp3) is 0.900. The Morgan fingerprint density at radius 2 is 1.86 bits per heavy atom. The molecular formula is C10H15F2NO. The monoisotopic (exact) mass is 203 g/mol. The van der Waals surface area contributed by atoms with Crippen LogP contribution in [0.1, 0.15) is 38.5 Å². The highest BCUT2D eigenvalue weighted by molar-refractivity contribution is 5.78. The van der Waals surface area contributed by atoms with E-state index in [-0.39, 0.29) is 30.7 Å². The first kappa shape index (κ1) is 9.87. The lowest BCUT2D eigenvalue weighted by Crippen LogP contribution is -2.37. The van der Waals surface area contributed by atoms with Crippen molar-refractivity contribution in [2.24, 2.45) is 5.92 Å². The van der Waals surface area contributed by atoms with Crippen molar-refractivity contribution in [1.29, 1.82) is 0 Å². The van der Waals surface area contributed by atoms with E-state index in [1.807, 2.05) is 0 Å². The highest BCUT2D eigenvalue weighted by Gasteiger charge is 2.39. The number of amides is 1. The third-order valence-corrected chi connectivity index (χ3v) is 3.36. The van der Waals surface area contributed by atoms with Crippen molar-refractivity contribution in [3.05, 3.63) is 0 Å². The maximum atomic E-state index is 12.9. The van der Waals surface area contributed by atoms with Gasteiger partial charge in [0.25, 0.3) is 0 Å². The molecule has 1 saturated carbocycles. The minimum absolute atomic E-state index is 0.00988. The molecule has 2 nitrogen and oxygen atoms in total. The second-order valence-electron chi connectivity index (χ2n) is 4.41. The van der Waals surface area contributed by atoms with Gasteiger partial charge in [-0.1, -0.05) is 0 Å². The molecule has 1 aliphatic carbocycles. The predicted octanol–water partition coefficient (Wildman–Crippen LogP) is 2.09. The van der Waals surface area contributed by atoms with E-state index in [4.69, 9.17) is 0 Å². The fourth-order valence-electron chi connectivity index (χ4n) is 2.46. The standard InChI is InChI=1S/C10H15F2NO/c11-10(12)5-3-7(4-6-10)8-1-2-9(14)13-8/h7-8H,1-6H2,(H,13,14)/t8-/m1/s1. The van der Waals surface area contributed by atoms with Crippen molar-refractivity contribution < 1.29 is 13.6 Å². The number of hydrogen-bond acceptors (Lipinski definition) is 1. The molecule has 1 heterocycles. The van der Waals surface area contributed by atoms with E-state index >= 15 is 0 Å². The first-order valence-corrected chi connectivity index (χ1v) is 5.24. The van der Waals surface area contributed by atoms with Gasteiger partial charge in [0.1, 0.15) is 0 Å². The summed E-state index contributed by atoms with van der Waals surface area (Å²) in [5.74, 6) is -2.10. The van der Waals surface area contributed by atoms with Crippen molar-refractivity contribution in [2.45, 2.75) is 50.5 Å². The van der Waals surface area contributed by atoms with Crippen molar-refractivity contribution in [1.82, 2.24) is 5.32 Å². The number of nitrogens with one attached hydrogen (secondary N) is 1. The van der Waals surface area contributed by atoms with Crippen LogP contribution in [0.2, 0.25) is 0 Å². The molecule has 0 aromatic heterocycles. The van der Waals surface area contributed by atoms with Gasteiger partial charge >= 0.3 is 0 Å². The Kier molecular flexibility index (Phi) is 2.45. The van der Waals surface area contributed by atoms with Gasteiger partial charge in [0, 0.05) is 25.3 Å². The Morgan fingerprint density at radius 3 is 2.36 bits per heavy atom. The second-order valence-corrected chi connectivity index (χ2v) is 4.41. The first-order chi connectivity index (χ1) is 6.57. The van der Waals surface area contributed by atoms with Crippen molar-refractivity contribution in [2.75, 3.05) is 0 Å². The molecule has 0 aromatic rings. The van der Waals surface area contributed by atoms with Gasteiger partial charge in [-0.3, -0.25) is 4.79 Å². The van der Waals surface area contributed by atoms with E-state index in [1.165, 1.54) is 0 Å². The molecule has 1 N–H and O–H groups in total. The highest BCUT2D eigenvalue weighted by atomic mass is 19.3. The zero-order valence-corrected chi connectivity index (χ0v) is 8.06. The quantitative estimate of drug-likeness (QED) is 0.694. The molecule has 2 fully saturated rings. The van der Waals surface area contributed by atoms with Gasteiger partial charge in [-0.15, -0.1) is 0 Å². The molecule has 1 aliphatic heterocycles. The van der Waals surface area contributed by atoms with Gasteiger partial charge < -0.3 is 5.32 Å².